The molecule has 1 aromatic carbocycles. The number of likely N-dealkylation sites (N-methyl/N-ethyl adjacent to an activating group) is 1. The Balaban J connectivity index is 1.61. The van der Waals surface area contributed by atoms with Gasteiger partial charge >= 0.3 is 0 Å². The Bertz CT molecular complexity index is 946. The largest absolute Gasteiger partial charge is 0.339 e. The molecule has 2 fully saturated rings. The minimum absolute atomic E-state index is 0.0335. The Morgan fingerprint density at radius 3 is 2.53 bits per heavy atom. The number of para-hydroxylation sites is 1. The summed E-state index contributed by atoms with van der Waals surface area (Å²) in [6, 6.07) is 7.74. The quantitative estimate of drug-likeness (QED) is 0.538. The molecule has 162 valence electrons. The first-order chi connectivity index (χ1) is 14.6. The second-order valence-electron chi connectivity index (χ2n) is 8.40. The molecule has 0 radical (unpaired) electrons. The summed E-state index contributed by atoms with van der Waals surface area (Å²) in [5.74, 6) is 0.147. The number of nitrogens with zero attached hydrogens (tertiary/aromatic N) is 4. The summed E-state index contributed by atoms with van der Waals surface area (Å²) >= 11 is 1.45. The van der Waals surface area contributed by atoms with Crippen LogP contribution in [0.15, 0.2) is 34.2 Å². The fourth-order valence-corrected chi connectivity index (χ4v) is 5.68. The maximum atomic E-state index is 13.4. The molecule has 2 heterocycles. The molecule has 6 nitrogen and oxygen atoms in total. The maximum absolute atomic E-state index is 13.4. The van der Waals surface area contributed by atoms with E-state index in [0.717, 1.165) is 58.4 Å². The SMILES string of the molecule is CCN1CCN(C(=O)[C@@H](C)Sc2nc3ccccc3c(=O)n2C2CCCCC2)CC1. The van der Waals surface area contributed by atoms with Crippen LogP contribution in [-0.2, 0) is 4.79 Å². The lowest BCUT2D eigenvalue weighted by molar-refractivity contribution is -0.132. The number of thioether (sulfide) groups is 1. The summed E-state index contributed by atoms with van der Waals surface area (Å²) in [6.45, 7) is 8.55. The Morgan fingerprint density at radius 2 is 1.83 bits per heavy atom. The highest BCUT2D eigenvalue weighted by molar-refractivity contribution is 8.00. The molecule has 4 rings (SSSR count). The summed E-state index contributed by atoms with van der Waals surface area (Å²) in [5.41, 5.74) is 0.750. The van der Waals surface area contributed by atoms with Crippen molar-refractivity contribution in [3.05, 3.63) is 34.6 Å². The maximum Gasteiger partial charge on any atom is 0.262 e. The third-order valence-corrected chi connectivity index (χ3v) is 7.53. The molecule has 1 amide bonds. The van der Waals surface area contributed by atoms with Gasteiger partial charge in [-0.15, -0.1) is 0 Å². The van der Waals surface area contributed by atoms with Crippen molar-refractivity contribution in [2.45, 2.75) is 62.4 Å². The van der Waals surface area contributed by atoms with Crippen molar-refractivity contribution in [1.29, 1.82) is 0 Å². The van der Waals surface area contributed by atoms with E-state index < -0.39 is 0 Å². The number of amides is 1. The molecular formula is C23H32N4O2S. The van der Waals surface area contributed by atoms with E-state index in [9.17, 15) is 9.59 Å². The molecule has 0 bridgehead atoms. The summed E-state index contributed by atoms with van der Waals surface area (Å²) in [7, 11) is 0. The monoisotopic (exact) mass is 428 g/mol. The molecule has 0 N–H and O–H groups in total. The van der Waals surface area contributed by atoms with E-state index in [0.29, 0.717) is 16.1 Å². The van der Waals surface area contributed by atoms with Gasteiger partial charge in [0.25, 0.3) is 5.56 Å². The zero-order valence-electron chi connectivity index (χ0n) is 18.0. The zero-order valence-corrected chi connectivity index (χ0v) is 18.9. The fraction of sp³-hybridized carbons (Fsp3) is 0.609. The molecule has 1 saturated carbocycles. The highest BCUT2D eigenvalue weighted by atomic mass is 32.2. The first-order valence-electron chi connectivity index (χ1n) is 11.3. The van der Waals surface area contributed by atoms with Crippen LogP contribution in [0.4, 0.5) is 0 Å². The van der Waals surface area contributed by atoms with E-state index >= 15 is 0 Å². The Hall–Kier alpha value is -1.86. The first-order valence-corrected chi connectivity index (χ1v) is 12.2. The molecule has 0 unspecified atom stereocenters. The number of hydrogen-bond acceptors (Lipinski definition) is 5. The van der Waals surface area contributed by atoms with Gasteiger partial charge in [-0.05, 0) is 38.4 Å². The molecular weight excluding hydrogens is 396 g/mol. The number of piperazine rings is 1. The second kappa shape index (κ2) is 9.52. The minimum Gasteiger partial charge on any atom is -0.339 e. The van der Waals surface area contributed by atoms with Crippen molar-refractivity contribution in [3.8, 4) is 0 Å². The number of aromatic nitrogens is 2. The number of rotatable bonds is 5. The summed E-state index contributed by atoms with van der Waals surface area (Å²) in [6.07, 6.45) is 5.53. The molecule has 1 aliphatic carbocycles. The standard InChI is InChI=1S/C23H32N4O2S/c1-3-25-13-15-26(16-14-25)21(28)17(2)30-23-24-20-12-8-7-11-19(20)22(29)27(23)18-9-5-4-6-10-18/h7-8,11-12,17-18H,3-6,9-10,13-16H2,1-2H3/t17-/m1/s1. The smallest absolute Gasteiger partial charge is 0.262 e. The van der Waals surface area contributed by atoms with Crippen molar-refractivity contribution in [2.24, 2.45) is 0 Å². The van der Waals surface area contributed by atoms with E-state index in [2.05, 4.69) is 11.8 Å². The fourth-order valence-electron chi connectivity index (χ4n) is 4.62. The van der Waals surface area contributed by atoms with E-state index in [1.165, 1.54) is 18.2 Å². The van der Waals surface area contributed by atoms with Crippen molar-refractivity contribution >= 4 is 28.6 Å². The van der Waals surface area contributed by atoms with Gasteiger partial charge in [0.15, 0.2) is 5.16 Å². The van der Waals surface area contributed by atoms with E-state index in [1.807, 2.05) is 40.7 Å². The second-order valence-corrected chi connectivity index (χ2v) is 9.71. The van der Waals surface area contributed by atoms with Gasteiger partial charge in [-0.25, -0.2) is 4.98 Å². The lowest BCUT2D eigenvalue weighted by Crippen LogP contribution is -2.50. The van der Waals surface area contributed by atoms with Gasteiger partial charge in [0, 0.05) is 32.2 Å². The molecule has 2 aromatic rings. The molecule has 0 spiro atoms. The summed E-state index contributed by atoms with van der Waals surface area (Å²) in [5, 5.41) is 1.10. The number of benzene rings is 1. The van der Waals surface area contributed by atoms with Gasteiger partial charge in [0.2, 0.25) is 5.91 Å². The first kappa shape index (κ1) is 21.4. The average molecular weight is 429 g/mol. The van der Waals surface area contributed by atoms with Crippen LogP contribution in [0, 0.1) is 0 Å². The van der Waals surface area contributed by atoms with Gasteiger partial charge in [0.05, 0.1) is 16.2 Å². The van der Waals surface area contributed by atoms with E-state index in [1.54, 1.807) is 0 Å². The topological polar surface area (TPSA) is 58.4 Å². The normalized spacial score (nSPS) is 19.9. The third kappa shape index (κ3) is 4.42. The Morgan fingerprint density at radius 1 is 1.13 bits per heavy atom. The molecule has 1 atom stereocenters. The van der Waals surface area contributed by atoms with Crippen molar-refractivity contribution < 1.29 is 4.79 Å². The highest BCUT2D eigenvalue weighted by Gasteiger charge is 2.28. The summed E-state index contributed by atoms with van der Waals surface area (Å²) in [4.78, 5) is 35.7. The van der Waals surface area contributed by atoms with Crippen LogP contribution in [0.5, 0.6) is 0 Å². The number of fused-ring (bicyclic) bond motifs is 1. The molecule has 1 aromatic heterocycles. The Kier molecular flexibility index (Phi) is 6.78. The lowest BCUT2D eigenvalue weighted by Gasteiger charge is -2.35. The molecule has 7 heteroatoms. The van der Waals surface area contributed by atoms with E-state index in [-0.39, 0.29) is 22.8 Å². The predicted molar refractivity (Wildman–Crippen MR) is 122 cm³/mol. The molecule has 1 saturated heterocycles. The van der Waals surface area contributed by atoms with Gasteiger partial charge in [-0.1, -0.05) is 50.1 Å². The van der Waals surface area contributed by atoms with Crippen molar-refractivity contribution in [2.75, 3.05) is 32.7 Å². The van der Waals surface area contributed by atoms with Crippen molar-refractivity contribution in [3.63, 3.8) is 0 Å². The van der Waals surface area contributed by atoms with E-state index in [4.69, 9.17) is 4.98 Å². The van der Waals surface area contributed by atoms with Crippen LogP contribution in [0.1, 0.15) is 52.0 Å². The molecule has 1 aliphatic heterocycles. The van der Waals surface area contributed by atoms with Crippen LogP contribution in [-0.4, -0.2) is 63.2 Å². The van der Waals surface area contributed by atoms with Crippen LogP contribution in [0.25, 0.3) is 10.9 Å². The number of hydrogen-bond donors (Lipinski definition) is 0. The van der Waals surface area contributed by atoms with Gasteiger partial charge in [-0.3, -0.25) is 14.2 Å². The number of carbonyl (C=O) groups excluding carboxylic acids is 1. The highest BCUT2D eigenvalue weighted by Crippen LogP contribution is 2.32. The zero-order chi connectivity index (χ0) is 21.1. The van der Waals surface area contributed by atoms with Crippen LogP contribution in [0.2, 0.25) is 0 Å². The van der Waals surface area contributed by atoms with Gasteiger partial charge in [-0.2, -0.15) is 0 Å². The third-order valence-electron chi connectivity index (χ3n) is 6.48. The molecule has 30 heavy (non-hydrogen) atoms. The Labute approximate surface area is 182 Å². The van der Waals surface area contributed by atoms with Crippen LogP contribution >= 0.6 is 11.8 Å². The van der Waals surface area contributed by atoms with Crippen molar-refractivity contribution in [1.82, 2.24) is 19.4 Å². The minimum atomic E-state index is -0.263. The average Bonchev–Trinajstić information content (AvgIpc) is 2.79. The van der Waals surface area contributed by atoms with Crippen LogP contribution in [0.3, 0.4) is 0 Å². The van der Waals surface area contributed by atoms with Gasteiger partial charge in [0.1, 0.15) is 0 Å². The lowest BCUT2D eigenvalue weighted by atomic mass is 9.95. The van der Waals surface area contributed by atoms with Gasteiger partial charge < -0.3 is 9.80 Å². The predicted octanol–water partition coefficient (Wildman–Crippen LogP) is 3.55. The molecule has 2 aliphatic rings. The van der Waals surface area contributed by atoms with Crippen LogP contribution < -0.4 is 5.56 Å². The summed E-state index contributed by atoms with van der Waals surface area (Å²) < 4.78 is 1.89. The number of carbonyl (C=O) groups is 1.